The molecule has 1 saturated carbocycles. The van der Waals surface area contributed by atoms with Crippen molar-refractivity contribution in [1.29, 1.82) is 0 Å². The molecule has 1 aliphatic heterocycles. The lowest BCUT2D eigenvalue weighted by Gasteiger charge is -2.41. The first kappa shape index (κ1) is 17.6. The average Bonchev–Trinajstić information content (AvgIpc) is 2.52. The highest BCUT2D eigenvalue weighted by molar-refractivity contribution is 8.02. The number of amides is 1. The highest BCUT2D eigenvalue weighted by Gasteiger charge is 2.64. The van der Waals surface area contributed by atoms with Crippen molar-refractivity contribution in [1.82, 2.24) is 4.31 Å². The Hall–Kier alpha value is -0.500. The quantitative estimate of drug-likeness (QED) is 0.693. The van der Waals surface area contributed by atoms with E-state index in [1.807, 2.05) is 6.79 Å². The van der Waals surface area contributed by atoms with Gasteiger partial charge in [-0.15, -0.1) is 0 Å². The highest BCUT2D eigenvalue weighted by Crippen LogP contribution is 2.56. The Morgan fingerprint density at radius 2 is 1.90 bits per heavy atom. The Morgan fingerprint density at radius 1 is 1.40 bits per heavy atom. The maximum atomic E-state index is 13.8. The number of carbonyl (C=O) groups excluding carboxylic acids is 2. The van der Waals surface area contributed by atoms with Crippen LogP contribution in [0, 0.1) is 11.8 Å². The van der Waals surface area contributed by atoms with Crippen LogP contribution < -0.4 is 0 Å². The highest BCUT2D eigenvalue weighted by atomic mass is 32.2. The molecule has 8 heteroatoms. The molecule has 0 aromatic carbocycles. The Balaban J connectivity index is 0.000000956. The number of fused-ring (bicyclic) bond motifs is 1. The van der Waals surface area contributed by atoms with Crippen LogP contribution in [0.2, 0.25) is 0 Å². The number of carbonyl (C=O) groups is 2. The number of hydrogen-bond donors (Lipinski definition) is 1. The summed E-state index contributed by atoms with van der Waals surface area (Å²) in [5, 5.41) is 0. The molecule has 2 fully saturated rings. The molecule has 0 spiro atoms. The van der Waals surface area contributed by atoms with E-state index in [0.717, 1.165) is 0 Å². The zero-order chi connectivity index (χ0) is 15.9. The molecular weight excluding hydrogens is 308 g/mol. The molecule has 0 aromatic rings. The van der Waals surface area contributed by atoms with Gasteiger partial charge in [0.25, 0.3) is 5.92 Å². The molecule has 0 aromatic heterocycles. The number of alkyl halides is 2. The van der Waals surface area contributed by atoms with Gasteiger partial charge >= 0.3 is 0 Å². The summed E-state index contributed by atoms with van der Waals surface area (Å²) in [6.07, 6.45) is -0.289. The summed E-state index contributed by atoms with van der Waals surface area (Å²) in [5.41, 5.74) is 0. The predicted octanol–water partition coefficient (Wildman–Crippen LogP) is 2.02. The van der Waals surface area contributed by atoms with E-state index in [9.17, 15) is 17.8 Å². The smallest absolute Gasteiger partial charge is 0.252 e. The van der Waals surface area contributed by atoms with Crippen LogP contribution in [0.4, 0.5) is 8.78 Å². The second-order valence-corrected chi connectivity index (χ2v) is 8.08. The largest absolute Gasteiger partial charge is 0.307 e. The van der Waals surface area contributed by atoms with Crippen molar-refractivity contribution in [2.75, 3.05) is 0 Å². The van der Waals surface area contributed by atoms with E-state index in [0.29, 0.717) is 0 Å². The third kappa shape index (κ3) is 2.52. The summed E-state index contributed by atoms with van der Waals surface area (Å²) in [6.45, 7) is 6.57. The number of thiol groups is 1. The van der Waals surface area contributed by atoms with Crippen molar-refractivity contribution < 1.29 is 22.6 Å². The molecule has 5 atom stereocenters. The maximum Gasteiger partial charge on any atom is 0.252 e. The van der Waals surface area contributed by atoms with Crippen LogP contribution >= 0.6 is 12.6 Å². The van der Waals surface area contributed by atoms with Crippen molar-refractivity contribution in [2.45, 2.75) is 49.7 Å². The van der Waals surface area contributed by atoms with Gasteiger partial charge in [0.1, 0.15) is 21.9 Å². The fourth-order valence-electron chi connectivity index (χ4n) is 3.03. The van der Waals surface area contributed by atoms with Gasteiger partial charge in [-0.3, -0.25) is 9.10 Å². The number of rotatable bonds is 0. The number of nitrogens with zero attached hydrogens (tertiary/aromatic N) is 1. The Morgan fingerprint density at radius 3 is 2.35 bits per heavy atom. The van der Waals surface area contributed by atoms with Crippen LogP contribution in [0.3, 0.4) is 0 Å². The van der Waals surface area contributed by atoms with Crippen molar-refractivity contribution in [3.8, 4) is 0 Å². The van der Waals surface area contributed by atoms with Gasteiger partial charge in [-0.25, -0.2) is 13.0 Å². The zero-order valence-corrected chi connectivity index (χ0v) is 13.3. The fourth-order valence-corrected chi connectivity index (χ4v) is 5.72. The molecule has 1 heterocycles. The predicted molar refractivity (Wildman–Crippen MR) is 75.8 cm³/mol. The molecule has 0 bridgehead atoms. The van der Waals surface area contributed by atoms with Crippen molar-refractivity contribution in [2.24, 2.45) is 11.8 Å². The molecule has 0 radical (unpaired) electrons. The monoisotopic (exact) mass is 327 g/mol. The van der Waals surface area contributed by atoms with Gasteiger partial charge < -0.3 is 4.79 Å². The van der Waals surface area contributed by atoms with Crippen LogP contribution in [0.15, 0.2) is 0 Å². The SMILES string of the molecule is C=O.CC(=O)N1C(C)C2CC(C)C(F)(F)CC2(S)S1=O. The minimum absolute atomic E-state index is 0.243. The van der Waals surface area contributed by atoms with Crippen LogP contribution in [0.5, 0.6) is 0 Å². The Labute approximate surface area is 125 Å². The lowest BCUT2D eigenvalue weighted by molar-refractivity contribution is -0.126. The molecule has 20 heavy (non-hydrogen) atoms. The first-order valence-electron chi connectivity index (χ1n) is 6.22. The van der Waals surface area contributed by atoms with Crippen molar-refractivity contribution >= 4 is 36.3 Å². The molecule has 0 N–H and O–H groups in total. The lowest BCUT2D eigenvalue weighted by atomic mass is 9.76. The maximum absolute atomic E-state index is 13.8. The van der Waals surface area contributed by atoms with Gasteiger partial charge in [0.2, 0.25) is 5.91 Å². The minimum atomic E-state index is -2.87. The van der Waals surface area contributed by atoms with Gasteiger partial charge in [-0.2, -0.15) is 12.6 Å². The molecule has 116 valence electrons. The Kier molecular flexibility index (Phi) is 5.01. The van der Waals surface area contributed by atoms with E-state index in [1.54, 1.807) is 6.92 Å². The molecule has 2 aliphatic rings. The van der Waals surface area contributed by atoms with Gasteiger partial charge in [0, 0.05) is 31.2 Å². The van der Waals surface area contributed by atoms with Gasteiger partial charge in [-0.05, 0) is 13.3 Å². The lowest BCUT2D eigenvalue weighted by Crippen LogP contribution is -2.48. The molecule has 1 amide bonds. The summed E-state index contributed by atoms with van der Waals surface area (Å²) in [4.78, 5) is 19.5. The standard InChI is InChI=1S/C11H17F2NO2S2.CH2O/c1-6-4-9-7(2)14(8(3)15)18(16)11(9,17)5-10(6,12)13;1-2/h6-7,9,17H,4-5H2,1-3H3;1H2. The molecule has 5 unspecified atom stereocenters. The van der Waals surface area contributed by atoms with E-state index in [2.05, 4.69) is 12.6 Å². The number of hydrogen-bond acceptors (Lipinski definition) is 4. The van der Waals surface area contributed by atoms with E-state index < -0.39 is 33.3 Å². The first-order chi connectivity index (χ1) is 9.11. The first-order valence-corrected chi connectivity index (χ1v) is 7.77. The molecule has 1 aliphatic carbocycles. The van der Waals surface area contributed by atoms with Crippen molar-refractivity contribution in [3.63, 3.8) is 0 Å². The van der Waals surface area contributed by atoms with E-state index >= 15 is 0 Å². The zero-order valence-electron chi connectivity index (χ0n) is 11.6. The fraction of sp³-hybridized carbons (Fsp3) is 0.833. The summed E-state index contributed by atoms with van der Waals surface area (Å²) >= 11 is 4.30. The van der Waals surface area contributed by atoms with Crippen LogP contribution in [-0.2, 0) is 20.6 Å². The Bertz CT molecular complexity index is 435. The third-order valence-corrected chi connectivity index (χ3v) is 7.10. The normalized spacial score (nSPS) is 42.4. The molecule has 1 saturated heterocycles. The van der Waals surface area contributed by atoms with E-state index in [-0.39, 0.29) is 24.3 Å². The van der Waals surface area contributed by atoms with Gasteiger partial charge in [0.15, 0.2) is 0 Å². The topological polar surface area (TPSA) is 54.5 Å². The van der Waals surface area contributed by atoms with E-state index in [4.69, 9.17) is 4.79 Å². The van der Waals surface area contributed by atoms with Gasteiger partial charge in [0.05, 0.1) is 0 Å². The van der Waals surface area contributed by atoms with Crippen molar-refractivity contribution in [3.05, 3.63) is 0 Å². The molecule has 4 nitrogen and oxygen atoms in total. The summed E-state index contributed by atoms with van der Waals surface area (Å²) in [5.74, 6) is -4.24. The van der Waals surface area contributed by atoms with E-state index in [1.165, 1.54) is 18.2 Å². The van der Waals surface area contributed by atoms with Gasteiger partial charge in [-0.1, -0.05) is 6.92 Å². The number of halogens is 2. The summed E-state index contributed by atoms with van der Waals surface area (Å²) < 4.78 is 39.9. The van der Waals surface area contributed by atoms with Crippen LogP contribution in [0.1, 0.15) is 33.6 Å². The third-order valence-electron chi connectivity index (χ3n) is 4.14. The minimum Gasteiger partial charge on any atom is -0.307 e. The molecule has 2 rings (SSSR count). The summed E-state index contributed by atoms with van der Waals surface area (Å²) in [7, 11) is -1.80. The van der Waals surface area contributed by atoms with Crippen LogP contribution in [0.25, 0.3) is 0 Å². The molecular formula is C12H19F2NO3S2. The average molecular weight is 327 g/mol. The van der Waals surface area contributed by atoms with Crippen LogP contribution in [-0.4, -0.2) is 37.3 Å². The summed E-state index contributed by atoms with van der Waals surface area (Å²) in [6, 6.07) is -0.306. The second-order valence-electron chi connectivity index (χ2n) is 5.36. The second kappa shape index (κ2) is 5.71.